The maximum absolute atomic E-state index is 11.8. The Kier molecular flexibility index (Phi) is 5.35. The van der Waals surface area contributed by atoms with Crippen LogP contribution >= 0.6 is 0 Å². The van der Waals surface area contributed by atoms with Gasteiger partial charge in [0, 0.05) is 6.54 Å². The number of nitrogens with zero attached hydrogens (tertiary/aromatic N) is 2. The van der Waals surface area contributed by atoms with Crippen molar-refractivity contribution in [3.8, 4) is 0 Å². The van der Waals surface area contributed by atoms with Crippen LogP contribution in [-0.4, -0.2) is 40.1 Å². The summed E-state index contributed by atoms with van der Waals surface area (Å²) in [6.07, 6.45) is 0.692. The summed E-state index contributed by atoms with van der Waals surface area (Å²) in [4.78, 5) is 27.8. The lowest BCUT2D eigenvalue weighted by atomic mass is 10.4. The highest BCUT2D eigenvalue weighted by Crippen LogP contribution is 2.07. The van der Waals surface area contributed by atoms with Crippen molar-refractivity contribution in [2.75, 3.05) is 13.1 Å². The van der Waals surface area contributed by atoms with Gasteiger partial charge in [-0.1, -0.05) is 6.92 Å². The molecule has 0 aliphatic heterocycles. The lowest BCUT2D eigenvalue weighted by Crippen LogP contribution is -2.42. The van der Waals surface area contributed by atoms with Crippen LogP contribution in [0.5, 0.6) is 0 Å². The Bertz CT molecular complexity index is 436. The third-order valence-electron chi connectivity index (χ3n) is 2.57. The normalized spacial score (nSPS) is 10.3. The van der Waals surface area contributed by atoms with Gasteiger partial charge in [-0.2, -0.15) is 0 Å². The van der Waals surface area contributed by atoms with Crippen LogP contribution in [0.2, 0.25) is 0 Å². The summed E-state index contributed by atoms with van der Waals surface area (Å²) in [6, 6.07) is -0.433. The second kappa shape index (κ2) is 6.77. The molecule has 2 amide bonds. The van der Waals surface area contributed by atoms with Crippen LogP contribution < -0.4 is 5.32 Å². The predicted molar refractivity (Wildman–Crippen MR) is 67.7 cm³/mol. The summed E-state index contributed by atoms with van der Waals surface area (Å²) in [6.45, 7) is 5.71. The van der Waals surface area contributed by atoms with Crippen LogP contribution in [0.25, 0.3) is 0 Å². The van der Waals surface area contributed by atoms with Gasteiger partial charge in [0.25, 0.3) is 0 Å². The van der Waals surface area contributed by atoms with Crippen LogP contribution in [-0.2, 0) is 11.3 Å². The third-order valence-corrected chi connectivity index (χ3v) is 2.57. The SMILES string of the molecule is CCCN(CC(=O)O)C(=O)NCc1nc(C)c(C)o1. The topological polar surface area (TPSA) is 95.7 Å². The highest BCUT2D eigenvalue weighted by molar-refractivity contribution is 5.79. The Morgan fingerprint density at radius 3 is 2.58 bits per heavy atom. The number of aryl methyl sites for hydroxylation is 2. The van der Waals surface area contributed by atoms with E-state index in [1.807, 2.05) is 13.8 Å². The third kappa shape index (κ3) is 4.61. The molecule has 0 unspecified atom stereocenters. The first-order valence-corrected chi connectivity index (χ1v) is 6.11. The van der Waals surface area contributed by atoms with Gasteiger partial charge < -0.3 is 19.7 Å². The highest BCUT2D eigenvalue weighted by Gasteiger charge is 2.16. The van der Waals surface area contributed by atoms with Gasteiger partial charge in [0.15, 0.2) is 0 Å². The fourth-order valence-corrected chi connectivity index (χ4v) is 1.56. The Balaban J connectivity index is 2.54. The molecule has 19 heavy (non-hydrogen) atoms. The quantitative estimate of drug-likeness (QED) is 0.811. The second-order valence-corrected chi connectivity index (χ2v) is 4.22. The molecule has 0 bridgehead atoms. The zero-order valence-electron chi connectivity index (χ0n) is 11.4. The van der Waals surface area contributed by atoms with Gasteiger partial charge in [-0.3, -0.25) is 4.79 Å². The maximum atomic E-state index is 11.8. The molecular formula is C12H19N3O4. The van der Waals surface area contributed by atoms with E-state index in [-0.39, 0.29) is 13.1 Å². The average molecular weight is 269 g/mol. The summed E-state index contributed by atoms with van der Waals surface area (Å²) in [5, 5.41) is 11.3. The Morgan fingerprint density at radius 2 is 2.11 bits per heavy atom. The minimum Gasteiger partial charge on any atom is -0.480 e. The van der Waals surface area contributed by atoms with E-state index in [4.69, 9.17) is 9.52 Å². The number of carboxylic acids is 1. The smallest absolute Gasteiger partial charge is 0.323 e. The zero-order chi connectivity index (χ0) is 14.4. The molecule has 0 atom stereocenters. The summed E-state index contributed by atoms with van der Waals surface area (Å²) in [7, 11) is 0. The molecule has 7 nitrogen and oxygen atoms in total. The van der Waals surface area contributed by atoms with Gasteiger partial charge in [0.2, 0.25) is 5.89 Å². The van der Waals surface area contributed by atoms with Crippen molar-refractivity contribution in [1.82, 2.24) is 15.2 Å². The van der Waals surface area contributed by atoms with E-state index >= 15 is 0 Å². The summed E-state index contributed by atoms with van der Waals surface area (Å²) >= 11 is 0. The molecule has 0 spiro atoms. The van der Waals surface area contributed by atoms with E-state index in [0.717, 1.165) is 5.69 Å². The van der Waals surface area contributed by atoms with Gasteiger partial charge in [0.1, 0.15) is 12.3 Å². The largest absolute Gasteiger partial charge is 0.480 e. The minimum absolute atomic E-state index is 0.146. The monoisotopic (exact) mass is 269 g/mol. The first kappa shape index (κ1) is 15.0. The van der Waals surface area contributed by atoms with Gasteiger partial charge in [-0.15, -0.1) is 0 Å². The summed E-state index contributed by atoms with van der Waals surface area (Å²) in [5.41, 5.74) is 0.778. The Morgan fingerprint density at radius 1 is 1.42 bits per heavy atom. The van der Waals surface area contributed by atoms with Crippen molar-refractivity contribution in [2.45, 2.75) is 33.7 Å². The number of hydrogen-bond acceptors (Lipinski definition) is 4. The summed E-state index contributed by atoms with van der Waals surface area (Å²) < 4.78 is 5.32. The van der Waals surface area contributed by atoms with E-state index in [1.54, 1.807) is 6.92 Å². The average Bonchev–Trinajstić information content (AvgIpc) is 2.65. The number of aliphatic carboxylic acids is 1. The van der Waals surface area contributed by atoms with Crippen LogP contribution in [0.3, 0.4) is 0 Å². The molecule has 1 aromatic heterocycles. The fraction of sp³-hybridized carbons (Fsp3) is 0.583. The number of hydrogen-bond donors (Lipinski definition) is 2. The molecule has 106 valence electrons. The molecule has 1 rings (SSSR count). The van der Waals surface area contributed by atoms with Crippen molar-refractivity contribution in [2.24, 2.45) is 0 Å². The van der Waals surface area contributed by atoms with E-state index in [0.29, 0.717) is 24.6 Å². The minimum atomic E-state index is -1.04. The number of rotatable bonds is 6. The van der Waals surface area contributed by atoms with E-state index in [9.17, 15) is 9.59 Å². The molecule has 1 heterocycles. The molecule has 7 heteroatoms. The number of carbonyl (C=O) groups is 2. The van der Waals surface area contributed by atoms with E-state index in [2.05, 4.69) is 10.3 Å². The summed E-state index contributed by atoms with van der Waals surface area (Å²) in [5.74, 6) is 0.0849. The van der Waals surface area contributed by atoms with Crippen molar-refractivity contribution in [3.63, 3.8) is 0 Å². The molecule has 0 aromatic carbocycles. The molecule has 0 saturated carbocycles. The van der Waals surface area contributed by atoms with Crippen molar-refractivity contribution in [1.29, 1.82) is 0 Å². The van der Waals surface area contributed by atoms with E-state index < -0.39 is 12.0 Å². The molecule has 0 radical (unpaired) electrons. The van der Waals surface area contributed by atoms with Crippen molar-refractivity contribution < 1.29 is 19.1 Å². The number of oxazole rings is 1. The van der Waals surface area contributed by atoms with Crippen molar-refractivity contribution >= 4 is 12.0 Å². The van der Waals surface area contributed by atoms with Gasteiger partial charge in [-0.25, -0.2) is 9.78 Å². The molecule has 0 aliphatic carbocycles. The van der Waals surface area contributed by atoms with Crippen LogP contribution in [0.1, 0.15) is 30.7 Å². The van der Waals surface area contributed by atoms with Gasteiger partial charge in [0.05, 0.1) is 12.2 Å². The van der Waals surface area contributed by atoms with Gasteiger partial charge >= 0.3 is 12.0 Å². The highest BCUT2D eigenvalue weighted by atomic mass is 16.4. The fourth-order valence-electron chi connectivity index (χ4n) is 1.56. The van der Waals surface area contributed by atoms with Crippen LogP contribution in [0.15, 0.2) is 4.42 Å². The van der Waals surface area contributed by atoms with Gasteiger partial charge in [-0.05, 0) is 20.3 Å². The first-order chi connectivity index (χ1) is 8.93. The molecule has 1 aromatic rings. The number of carbonyl (C=O) groups excluding carboxylic acids is 1. The number of nitrogens with one attached hydrogen (secondary N) is 1. The maximum Gasteiger partial charge on any atom is 0.323 e. The number of urea groups is 1. The number of amides is 2. The number of carboxylic acid groups (broad SMARTS) is 1. The predicted octanol–water partition coefficient (Wildman–Crippen LogP) is 1.30. The molecule has 2 N–H and O–H groups in total. The molecule has 0 aliphatic rings. The Hall–Kier alpha value is -2.05. The van der Waals surface area contributed by atoms with Crippen LogP contribution in [0, 0.1) is 13.8 Å². The lowest BCUT2D eigenvalue weighted by Gasteiger charge is -2.19. The standard InChI is InChI=1S/C12H19N3O4/c1-4-5-15(7-11(16)17)12(18)13-6-10-14-8(2)9(3)19-10/h4-7H2,1-3H3,(H,13,18)(H,16,17). The zero-order valence-corrected chi connectivity index (χ0v) is 11.4. The Labute approximate surface area is 111 Å². The second-order valence-electron chi connectivity index (χ2n) is 4.22. The first-order valence-electron chi connectivity index (χ1n) is 6.11. The van der Waals surface area contributed by atoms with E-state index in [1.165, 1.54) is 4.90 Å². The number of aromatic nitrogens is 1. The lowest BCUT2D eigenvalue weighted by molar-refractivity contribution is -0.137. The van der Waals surface area contributed by atoms with Crippen molar-refractivity contribution in [3.05, 3.63) is 17.3 Å². The molecule has 0 fully saturated rings. The molecular weight excluding hydrogens is 250 g/mol. The van der Waals surface area contributed by atoms with Crippen LogP contribution in [0.4, 0.5) is 4.79 Å². The molecule has 0 saturated heterocycles.